The van der Waals surface area contributed by atoms with Gasteiger partial charge in [-0.3, -0.25) is 0 Å². The molecule has 0 bridgehead atoms. The second-order valence-corrected chi connectivity index (χ2v) is 7.95. The van der Waals surface area contributed by atoms with Crippen LogP contribution in [-0.2, 0) is 16.4 Å². The molecule has 1 aliphatic carbocycles. The Hall–Kier alpha value is -1.69. The topological polar surface area (TPSA) is 66.4 Å². The molecule has 0 radical (unpaired) electrons. The summed E-state index contributed by atoms with van der Waals surface area (Å²) in [4.78, 5) is 0.311. The van der Waals surface area contributed by atoms with Gasteiger partial charge in [0.15, 0.2) is 0 Å². The van der Waals surface area contributed by atoms with Gasteiger partial charge < -0.3 is 5.11 Å². The van der Waals surface area contributed by atoms with E-state index in [4.69, 9.17) is 0 Å². The summed E-state index contributed by atoms with van der Waals surface area (Å²) in [5, 5.41) is 10.4. The number of rotatable bonds is 3. The van der Waals surface area contributed by atoms with E-state index in [0.717, 1.165) is 27.8 Å². The van der Waals surface area contributed by atoms with Gasteiger partial charge in [-0.15, -0.1) is 0 Å². The number of hydrogen-bond donors (Lipinski definition) is 2. The second-order valence-electron chi connectivity index (χ2n) is 6.30. The zero-order chi connectivity index (χ0) is 16.8. The Morgan fingerprint density at radius 1 is 1.09 bits per heavy atom. The average molecular weight is 331 g/mol. The fraction of sp³-hybridized carbons (Fsp3) is 0.333. The van der Waals surface area contributed by atoms with Gasteiger partial charge in [0.2, 0.25) is 10.0 Å². The Bertz CT molecular complexity index is 835. The average Bonchev–Trinajstić information content (AvgIpc) is 2.73. The molecule has 0 saturated carbocycles. The van der Waals surface area contributed by atoms with Crippen molar-refractivity contribution in [3.8, 4) is 0 Å². The summed E-state index contributed by atoms with van der Waals surface area (Å²) >= 11 is 0. The van der Waals surface area contributed by atoms with Gasteiger partial charge in [-0.05, 0) is 49.4 Å². The van der Waals surface area contributed by atoms with E-state index in [1.54, 1.807) is 13.8 Å². The molecule has 4 nitrogen and oxygen atoms in total. The number of sulfonamides is 1. The molecule has 23 heavy (non-hydrogen) atoms. The zero-order valence-electron chi connectivity index (χ0n) is 13.5. The van der Waals surface area contributed by atoms with Gasteiger partial charge in [0.05, 0.1) is 17.0 Å². The van der Waals surface area contributed by atoms with Gasteiger partial charge in [-0.2, -0.15) is 0 Å². The molecule has 122 valence electrons. The quantitative estimate of drug-likeness (QED) is 0.908. The maximum Gasteiger partial charge on any atom is 0.241 e. The number of aliphatic hydroxyl groups is 1. The van der Waals surface area contributed by atoms with Gasteiger partial charge in [0, 0.05) is 0 Å². The monoisotopic (exact) mass is 331 g/mol. The van der Waals surface area contributed by atoms with Crippen molar-refractivity contribution in [1.82, 2.24) is 4.72 Å². The lowest BCUT2D eigenvalue weighted by Gasteiger charge is -2.19. The van der Waals surface area contributed by atoms with Crippen molar-refractivity contribution in [2.75, 3.05) is 0 Å². The molecule has 2 N–H and O–H groups in total. The van der Waals surface area contributed by atoms with Crippen molar-refractivity contribution >= 4 is 10.0 Å². The lowest BCUT2D eigenvalue weighted by molar-refractivity contribution is 0.152. The summed E-state index contributed by atoms with van der Waals surface area (Å²) in [6.45, 7) is 5.55. The minimum Gasteiger partial charge on any atom is -0.387 e. The number of hydrogen-bond acceptors (Lipinski definition) is 3. The highest BCUT2D eigenvalue weighted by Crippen LogP contribution is 2.32. The van der Waals surface area contributed by atoms with E-state index in [2.05, 4.69) is 4.72 Å². The fourth-order valence-electron chi connectivity index (χ4n) is 3.53. The third kappa shape index (κ3) is 2.92. The SMILES string of the molecule is Cc1cc(C)c(S(=O)(=O)N[C@H]2Cc3ccccc3[C@H]2O)c(C)c1. The second kappa shape index (κ2) is 5.74. The van der Waals surface area contributed by atoms with Crippen LogP contribution in [0.2, 0.25) is 0 Å². The Balaban J connectivity index is 1.92. The standard InChI is InChI=1S/C18H21NO3S/c1-11-8-12(2)18(13(3)9-11)23(21,22)19-16-10-14-6-4-5-7-15(14)17(16)20/h4-9,16-17,19-20H,10H2,1-3H3/t16-,17+/m0/s1. The minimum absolute atomic E-state index is 0.311. The third-order valence-electron chi connectivity index (χ3n) is 4.37. The molecule has 0 aromatic heterocycles. The molecular weight excluding hydrogens is 310 g/mol. The normalized spacial score (nSPS) is 20.5. The number of benzene rings is 2. The van der Waals surface area contributed by atoms with Crippen molar-refractivity contribution in [3.05, 3.63) is 64.2 Å². The molecule has 2 atom stereocenters. The van der Waals surface area contributed by atoms with E-state index in [-0.39, 0.29) is 0 Å². The molecule has 0 saturated heterocycles. The van der Waals surface area contributed by atoms with Crippen molar-refractivity contribution in [2.24, 2.45) is 0 Å². The van der Waals surface area contributed by atoms with Crippen LogP contribution in [0, 0.1) is 20.8 Å². The largest absolute Gasteiger partial charge is 0.387 e. The number of aliphatic hydroxyl groups excluding tert-OH is 1. The van der Waals surface area contributed by atoms with Crippen LogP contribution in [0.25, 0.3) is 0 Å². The summed E-state index contributed by atoms with van der Waals surface area (Å²) < 4.78 is 28.3. The minimum atomic E-state index is -3.68. The van der Waals surface area contributed by atoms with E-state index in [1.807, 2.05) is 43.3 Å². The van der Waals surface area contributed by atoms with Crippen LogP contribution in [0.15, 0.2) is 41.3 Å². The van der Waals surface area contributed by atoms with Crippen LogP contribution in [0.4, 0.5) is 0 Å². The van der Waals surface area contributed by atoms with Crippen LogP contribution in [-0.4, -0.2) is 19.6 Å². The van der Waals surface area contributed by atoms with E-state index in [9.17, 15) is 13.5 Å². The van der Waals surface area contributed by atoms with Crippen molar-refractivity contribution < 1.29 is 13.5 Å². The van der Waals surface area contributed by atoms with Gasteiger partial charge >= 0.3 is 0 Å². The van der Waals surface area contributed by atoms with Crippen LogP contribution < -0.4 is 4.72 Å². The number of nitrogens with one attached hydrogen (secondary N) is 1. The van der Waals surface area contributed by atoms with Crippen LogP contribution in [0.1, 0.15) is 33.9 Å². The molecule has 2 aromatic carbocycles. The maximum absolute atomic E-state index is 12.8. The van der Waals surface area contributed by atoms with Gasteiger partial charge in [-0.1, -0.05) is 42.0 Å². The van der Waals surface area contributed by atoms with Crippen molar-refractivity contribution in [3.63, 3.8) is 0 Å². The maximum atomic E-state index is 12.8. The molecule has 0 fully saturated rings. The van der Waals surface area contributed by atoms with Crippen molar-refractivity contribution in [2.45, 2.75) is 44.2 Å². The Kier molecular flexibility index (Phi) is 4.04. The smallest absolute Gasteiger partial charge is 0.241 e. The summed E-state index contributed by atoms with van der Waals surface area (Å²) in [6, 6.07) is 10.7. The molecule has 2 aromatic rings. The summed E-state index contributed by atoms with van der Waals surface area (Å²) in [7, 11) is -3.68. The van der Waals surface area contributed by atoms with E-state index >= 15 is 0 Å². The lowest BCUT2D eigenvalue weighted by Crippen LogP contribution is -2.38. The van der Waals surface area contributed by atoms with E-state index in [0.29, 0.717) is 11.3 Å². The van der Waals surface area contributed by atoms with E-state index in [1.165, 1.54) is 0 Å². The first-order valence-electron chi connectivity index (χ1n) is 7.65. The predicted molar refractivity (Wildman–Crippen MR) is 89.9 cm³/mol. The highest BCUT2D eigenvalue weighted by Gasteiger charge is 2.34. The Morgan fingerprint density at radius 3 is 2.30 bits per heavy atom. The van der Waals surface area contributed by atoms with Gasteiger partial charge in [-0.25, -0.2) is 13.1 Å². The van der Waals surface area contributed by atoms with Gasteiger partial charge in [0.1, 0.15) is 0 Å². The van der Waals surface area contributed by atoms with Crippen LogP contribution >= 0.6 is 0 Å². The third-order valence-corrected chi connectivity index (χ3v) is 6.17. The first-order chi connectivity index (χ1) is 10.8. The van der Waals surface area contributed by atoms with Gasteiger partial charge in [0.25, 0.3) is 0 Å². The molecular formula is C18H21NO3S. The number of aryl methyl sites for hydroxylation is 3. The molecule has 5 heteroatoms. The fourth-order valence-corrected chi connectivity index (χ4v) is 5.22. The van der Waals surface area contributed by atoms with E-state index < -0.39 is 22.2 Å². The Labute approximate surface area is 137 Å². The summed E-state index contributed by atoms with van der Waals surface area (Å²) in [6.07, 6.45) is -0.312. The highest BCUT2D eigenvalue weighted by atomic mass is 32.2. The number of fused-ring (bicyclic) bond motifs is 1. The molecule has 0 heterocycles. The molecule has 0 spiro atoms. The predicted octanol–water partition coefficient (Wildman–Crippen LogP) is 2.55. The van der Waals surface area contributed by atoms with Crippen LogP contribution in [0.3, 0.4) is 0 Å². The lowest BCUT2D eigenvalue weighted by atomic mass is 10.1. The molecule has 0 amide bonds. The van der Waals surface area contributed by atoms with Crippen molar-refractivity contribution in [1.29, 1.82) is 0 Å². The van der Waals surface area contributed by atoms with Crippen LogP contribution in [0.5, 0.6) is 0 Å². The Morgan fingerprint density at radius 2 is 1.70 bits per heavy atom. The molecule has 0 unspecified atom stereocenters. The first kappa shape index (κ1) is 16.2. The summed E-state index contributed by atoms with van der Waals surface area (Å²) in [5.41, 5.74) is 4.27. The first-order valence-corrected chi connectivity index (χ1v) is 9.14. The molecule has 3 rings (SSSR count). The zero-order valence-corrected chi connectivity index (χ0v) is 14.3. The summed E-state index contributed by atoms with van der Waals surface area (Å²) in [5.74, 6) is 0. The highest BCUT2D eigenvalue weighted by molar-refractivity contribution is 7.89. The molecule has 0 aliphatic heterocycles. The molecule has 1 aliphatic rings.